The number of aromatic nitrogens is 6. The van der Waals surface area contributed by atoms with Gasteiger partial charge in [0.15, 0.2) is 5.65 Å². The van der Waals surface area contributed by atoms with Crippen molar-refractivity contribution in [1.29, 1.82) is 0 Å². The fraction of sp³-hybridized carbons (Fsp3) is 0.133. The van der Waals surface area contributed by atoms with Crippen LogP contribution in [0.4, 0.5) is 4.39 Å². The summed E-state index contributed by atoms with van der Waals surface area (Å²) in [6.07, 6.45) is 3.47. The highest BCUT2D eigenvalue weighted by Gasteiger charge is 2.18. The van der Waals surface area contributed by atoms with Crippen LogP contribution < -0.4 is 0 Å². The van der Waals surface area contributed by atoms with E-state index in [2.05, 4.69) is 39.1 Å². The molecule has 0 bridgehead atoms. The number of pyridine rings is 2. The molecule has 0 aliphatic rings. The molecule has 6 aromatic rings. The number of nitrogens with zero attached hydrogens (tertiary/aromatic N) is 6. The number of benzene rings is 2. The first-order valence-electron chi connectivity index (χ1n) is 12.4. The van der Waals surface area contributed by atoms with Crippen LogP contribution >= 0.6 is 0 Å². The van der Waals surface area contributed by atoms with Gasteiger partial charge in [-0.15, -0.1) is 0 Å². The molecule has 4 aromatic heterocycles. The van der Waals surface area contributed by atoms with E-state index in [0.29, 0.717) is 13.1 Å². The van der Waals surface area contributed by atoms with E-state index in [1.165, 1.54) is 18.5 Å². The van der Waals surface area contributed by atoms with E-state index in [4.69, 9.17) is 9.97 Å². The Morgan fingerprint density at radius 2 is 1.68 bits per heavy atom. The Balaban J connectivity index is 1.32. The highest BCUT2D eigenvalue weighted by molar-refractivity contribution is 5.77. The summed E-state index contributed by atoms with van der Waals surface area (Å²) in [7, 11) is 2.07. The molecule has 0 fully saturated rings. The molecule has 0 saturated carbocycles. The summed E-state index contributed by atoms with van der Waals surface area (Å²) in [5, 5.41) is 4.28. The van der Waals surface area contributed by atoms with Gasteiger partial charge in [-0.2, -0.15) is 5.10 Å². The molecule has 38 heavy (non-hydrogen) atoms. The molecule has 188 valence electrons. The van der Waals surface area contributed by atoms with Crippen LogP contribution in [0.2, 0.25) is 0 Å². The topological polar surface area (TPSA) is 75.0 Å². The molecule has 0 unspecified atom stereocenters. The molecule has 7 nitrogen and oxygen atoms in total. The number of H-pyrrole nitrogens is 1. The molecule has 4 heterocycles. The summed E-state index contributed by atoms with van der Waals surface area (Å²) in [5.74, 6) is 0.595. The number of halogens is 1. The lowest BCUT2D eigenvalue weighted by atomic mass is 9.99. The van der Waals surface area contributed by atoms with Gasteiger partial charge in [0.2, 0.25) is 0 Å². The lowest BCUT2D eigenvalue weighted by molar-refractivity contribution is 0.312. The van der Waals surface area contributed by atoms with Gasteiger partial charge in [-0.1, -0.05) is 42.5 Å². The van der Waals surface area contributed by atoms with Crippen molar-refractivity contribution in [3.05, 3.63) is 114 Å². The monoisotopic (exact) mass is 503 g/mol. The van der Waals surface area contributed by atoms with E-state index in [-0.39, 0.29) is 5.82 Å². The maximum atomic E-state index is 13.5. The van der Waals surface area contributed by atoms with Crippen LogP contribution in [0, 0.1) is 12.7 Å². The Kier molecular flexibility index (Phi) is 6.23. The van der Waals surface area contributed by atoms with Crippen LogP contribution in [0.25, 0.3) is 39.4 Å². The zero-order valence-corrected chi connectivity index (χ0v) is 21.1. The molecule has 0 aliphatic heterocycles. The van der Waals surface area contributed by atoms with Crippen LogP contribution in [0.3, 0.4) is 0 Å². The van der Waals surface area contributed by atoms with E-state index in [1.807, 2.05) is 67.7 Å². The Bertz CT molecular complexity index is 1720. The third kappa shape index (κ3) is 4.81. The summed E-state index contributed by atoms with van der Waals surface area (Å²) in [6.45, 7) is 3.28. The number of aryl methyl sites for hydroxylation is 1. The van der Waals surface area contributed by atoms with E-state index in [9.17, 15) is 4.39 Å². The Morgan fingerprint density at radius 1 is 0.868 bits per heavy atom. The van der Waals surface area contributed by atoms with Crippen molar-refractivity contribution >= 4 is 5.65 Å². The molecule has 1 N–H and O–H groups in total. The molecule has 0 spiro atoms. The first-order valence-corrected chi connectivity index (χ1v) is 12.4. The standard InChI is InChI=1S/C30H26FN7/c1-20-6-5-9-26(34-20)30-29(23-12-15-28-32-19-33-38(28)17-23)35-27(36-30)18-37(2)16-22-7-3-4-8-25(22)21-10-13-24(31)14-11-21/h3-15,17,19H,16,18H2,1-2H3,(H,35,36). The molecular weight excluding hydrogens is 477 g/mol. The van der Waals surface area contributed by atoms with Gasteiger partial charge < -0.3 is 4.98 Å². The van der Waals surface area contributed by atoms with Crippen molar-refractivity contribution in [1.82, 2.24) is 34.4 Å². The van der Waals surface area contributed by atoms with Crippen molar-refractivity contribution in [2.45, 2.75) is 20.0 Å². The second kappa shape index (κ2) is 9.99. The van der Waals surface area contributed by atoms with E-state index < -0.39 is 0 Å². The van der Waals surface area contributed by atoms with Crippen molar-refractivity contribution in [2.24, 2.45) is 0 Å². The molecule has 0 radical (unpaired) electrons. The molecule has 0 atom stereocenters. The minimum Gasteiger partial charge on any atom is -0.339 e. The number of hydrogen-bond acceptors (Lipinski definition) is 5. The van der Waals surface area contributed by atoms with Gasteiger partial charge >= 0.3 is 0 Å². The minimum atomic E-state index is -0.237. The van der Waals surface area contributed by atoms with Gasteiger partial charge in [0.1, 0.15) is 18.0 Å². The van der Waals surface area contributed by atoms with E-state index in [0.717, 1.165) is 56.5 Å². The van der Waals surface area contributed by atoms with Gasteiger partial charge in [0.25, 0.3) is 0 Å². The third-order valence-electron chi connectivity index (χ3n) is 6.48. The van der Waals surface area contributed by atoms with Crippen molar-refractivity contribution < 1.29 is 4.39 Å². The van der Waals surface area contributed by atoms with Crippen LogP contribution in [-0.4, -0.2) is 41.5 Å². The van der Waals surface area contributed by atoms with Gasteiger partial charge in [-0.05, 0) is 67.1 Å². The Morgan fingerprint density at radius 3 is 2.53 bits per heavy atom. The summed E-state index contributed by atoms with van der Waals surface area (Å²) in [5.41, 5.74) is 8.39. The SMILES string of the molecule is Cc1cccc(-c2[nH]c(CN(C)Cc3ccccc3-c3ccc(F)cc3)nc2-c2ccc3ncnn3c2)n1. The highest BCUT2D eigenvalue weighted by Crippen LogP contribution is 2.30. The lowest BCUT2D eigenvalue weighted by Crippen LogP contribution is -2.18. The molecule has 8 heteroatoms. The van der Waals surface area contributed by atoms with Crippen molar-refractivity contribution in [3.63, 3.8) is 0 Å². The molecule has 6 rings (SSSR count). The molecule has 0 aliphatic carbocycles. The highest BCUT2D eigenvalue weighted by atomic mass is 19.1. The van der Waals surface area contributed by atoms with Crippen LogP contribution in [0.15, 0.2) is 91.4 Å². The zero-order valence-electron chi connectivity index (χ0n) is 21.1. The number of rotatable bonds is 7. The number of imidazole rings is 1. The average molecular weight is 504 g/mol. The quantitative estimate of drug-likeness (QED) is 0.292. The normalized spacial score (nSPS) is 11.5. The molecule has 0 saturated heterocycles. The fourth-order valence-electron chi connectivity index (χ4n) is 4.70. The minimum absolute atomic E-state index is 0.237. The van der Waals surface area contributed by atoms with E-state index in [1.54, 1.807) is 4.52 Å². The van der Waals surface area contributed by atoms with E-state index >= 15 is 0 Å². The third-order valence-corrected chi connectivity index (χ3v) is 6.48. The predicted octanol–water partition coefficient (Wildman–Crippen LogP) is 5.93. The van der Waals surface area contributed by atoms with Crippen molar-refractivity contribution in [3.8, 4) is 33.8 Å². The number of nitrogens with one attached hydrogen (secondary N) is 1. The number of hydrogen-bond donors (Lipinski definition) is 1. The summed E-state index contributed by atoms with van der Waals surface area (Å²) in [6, 6.07) is 24.8. The largest absolute Gasteiger partial charge is 0.339 e. The molecule has 2 aromatic carbocycles. The summed E-state index contributed by atoms with van der Waals surface area (Å²) >= 11 is 0. The zero-order chi connectivity index (χ0) is 26.1. The van der Waals surface area contributed by atoms with Crippen LogP contribution in [-0.2, 0) is 13.1 Å². The Labute approximate surface area is 219 Å². The number of aromatic amines is 1. The van der Waals surface area contributed by atoms with Gasteiger partial charge in [-0.25, -0.2) is 18.9 Å². The second-order valence-corrected chi connectivity index (χ2v) is 9.39. The lowest BCUT2D eigenvalue weighted by Gasteiger charge is -2.18. The summed E-state index contributed by atoms with van der Waals surface area (Å²) < 4.78 is 15.2. The summed E-state index contributed by atoms with van der Waals surface area (Å²) in [4.78, 5) is 19.7. The molecule has 0 amide bonds. The average Bonchev–Trinajstić information content (AvgIpc) is 3.56. The van der Waals surface area contributed by atoms with Gasteiger partial charge in [-0.3, -0.25) is 9.88 Å². The Hall–Kier alpha value is -4.69. The smallest absolute Gasteiger partial charge is 0.155 e. The maximum absolute atomic E-state index is 13.5. The molecular formula is C30H26FN7. The first-order chi connectivity index (χ1) is 18.5. The predicted molar refractivity (Wildman–Crippen MR) is 146 cm³/mol. The van der Waals surface area contributed by atoms with Crippen LogP contribution in [0.5, 0.6) is 0 Å². The van der Waals surface area contributed by atoms with Gasteiger partial charge in [0.05, 0.1) is 23.6 Å². The maximum Gasteiger partial charge on any atom is 0.155 e. The fourth-order valence-corrected chi connectivity index (χ4v) is 4.70. The van der Waals surface area contributed by atoms with Gasteiger partial charge in [0, 0.05) is 24.0 Å². The number of fused-ring (bicyclic) bond motifs is 1. The second-order valence-electron chi connectivity index (χ2n) is 9.39. The van der Waals surface area contributed by atoms with Crippen molar-refractivity contribution in [2.75, 3.05) is 7.05 Å². The van der Waals surface area contributed by atoms with Crippen LogP contribution in [0.1, 0.15) is 17.1 Å². The first kappa shape index (κ1) is 23.7.